The van der Waals surface area contributed by atoms with Gasteiger partial charge in [-0.3, -0.25) is 0 Å². The van der Waals surface area contributed by atoms with Crippen molar-refractivity contribution in [1.82, 2.24) is 9.78 Å². The maximum Gasteiger partial charge on any atom is 0.229 e. The van der Waals surface area contributed by atoms with Crippen molar-refractivity contribution in [2.24, 2.45) is 17.9 Å². The molecule has 1 aromatic carbocycles. The standard InChI is InChI=1S/C13H15FN4O2/c1-7-4-5-9(14)6-10(7)20-13-11(12(15)17-19)8(2)16-18(13)3/h4-6,19H,1-3H3,(H2,15,17). The second-order valence-electron chi connectivity index (χ2n) is 4.39. The Labute approximate surface area is 115 Å². The molecule has 0 aliphatic carbocycles. The summed E-state index contributed by atoms with van der Waals surface area (Å²) in [5, 5.41) is 15.9. The summed E-state index contributed by atoms with van der Waals surface area (Å²) in [4.78, 5) is 0. The molecule has 0 spiro atoms. The number of amidine groups is 1. The van der Waals surface area contributed by atoms with Crippen LogP contribution < -0.4 is 10.5 Å². The monoisotopic (exact) mass is 278 g/mol. The SMILES string of the molecule is Cc1ccc(F)cc1Oc1c(/C(N)=N/O)c(C)nn1C. The molecule has 0 saturated carbocycles. The zero-order valence-corrected chi connectivity index (χ0v) is 11.4. The minimum absolute atomic E-state index is 0.111. The van der Waals surface area contributed by atoms with Crippen LogP contribution in [0.5, 0.6) is 11.6 Å². The first-order valence-corrected chi connectivity index (χ1v) is 5.89. The predicted molar refractivity (Wildman–Crippen MR) is 71.7 cm³/mol. The Morgan fingerprint density at radius 3 is 2.80 bits per heavy atom. The van der Waals surface area contributed by atoms with Gasteiger partial charge in [-0.05, 0) is 25.5 Å². The topological polar surface area (TPSA) is 85.7 Å². The molecule has 0 aliphatic heterocycles. The first kappa shape index (κ1) is 13.9. The van der Waals surface area contributed by atoms with Crippen LogP contribution in [0.3, 0.4) is 0 Å². The van der Waals surface area contributed by atoms with Crippen molar-refractivity contribution >= 4 is 5.84 Å². The molecule has 2 rings (SSSR count). The van der Waals surface area contributed by atoms with Crippen molar-refractivity contribution in [1.29, 1.82) is 0 Å². The third-order valence-electron chi connectivity index (χ3n) is 2.89. The van der Waals surface area contributed by atoms with Crippen LogP contribution in [0.25, 0.3) is 0 Å². The Morgan fingerprint density at radius 2 is 2.15 bits per heavy atom. The first-order valence-electron chi connectivity index (χ1n) is 5.89. The summed E-state index contributed by atoms with van der Waals surface area (Å²) < 4.78 is 20.4. The fraction of sp³-hybridized carbons (Fsp3) is 0.231. The Morgan fingerprint density at radius 1 is 1.45 bits per heavy atom. The maximum atomic E-state index is 13.3. The molecule has 6 nitrogen and oxygen atoms in total. The number of hydrogen-bond acceptors (Lipinski definition) is 4. The number of benzene rings is 1. The zero-order valence-electron chi connectivity index (χ0n) is 11.4. The zero-order chi connectivity index (χ0) is 14.9. The van der Waals surface area contributed by atoms with E-state index in [0.717, 1.165) is 5.56 Å². The number of aryl methyl sites for hydroxylation is 3. The van der Waals surface area contributed by atoms with Crippen LogP contribution in [0.15, 0.2) is 23.4 Å². The second-order valence-corrected chi connectivity index (χ2v) is 4.39. The fourth-order valence-corrected chi connectivity index (χ4v) is 1.89. The molecule has 0 aliphatic rings. The highest BCUT2D eigenvalue weighted by Crippen LogP contribution is 2.29. The maximum absolute atomic E-state index is 13.3. The van der Waals surface area contributed by atoms with E-state index in [4.69, 9.17) is 15.7 Å². The predicted octanol–water partition coefficient (Wildman–Crippen LogP) is 2.06. The molecular weight excluding hydrogens is 263 g/mol. The minimum Gasteiger partial charge on any atom is -0.438 e. The average Bonchev–Trinajstić information content (AvgIpc) is 2.68. The second kappa shape index (κ2) is 5.20. The lowest BCUT2D eigenvalue weighted by Gasteiger charge is -2.10. The Hall–Kier alpha value is -2.57. The average molecular weight is 278 g/mol. The van der Waals surface area contributed by atoms with Gasteiger partial charge in [-0.1, -0.05) is 11.2 Å². The van der Waals surface area contributed by atoms with Crippen molar-refractivity contribution in [3.05, 3.63) is 40.8 Å². The Balaban J connectivity index is 2.51. The van der Waals surface area contributed by atoms with Crippen molar-refractivity contribution in [2.75, 3.05) is 0 Å². The molecule has 106 valence electrons. The van der Waals surface area contributed by atoms with Crippen molar-refractivity contribution in [3.63, 3.8) is 0 Å². The summed E-state index contributed by atoms with van der Waals surface area (Å²) in [7, 11) is 1.66. The highest BCUT2D eigenvalue weighted by molar-refractivity contribution is 6.00. The molecule has 2 aromatic rings. The minimum atomic E-state index is -0.408. The van der Waals surface area contributed by atoms with E-state index in [1.165, 1.54) is 16.8 Å². The van der Waals surface area contributed by atoms with Gasteiger partial charge in [0.2, 0.25) is 5.88 Å². The van der Waals surface area contributed by atoms with Gasteiger partial charge in [0.15, 0.2) is 5.84 Å². The van der Waals surface area contributed by atoms with E-state index < -0.39 is 5.82 Å². The molecule has 20 heavy (non-hydrogen) atoms. The number of rotatable bonds is 3. The molecule has 0 unspecified atom stereocenters. The third-order valence-corrected chi connectivity index (χ3v) is 2.89. The van der Waals surface area contributed by atoms with E-state index in [0.29, 0.717) is 17.0 Å². The number of aromatic nitrogens is 2. The molecule has 1 aromatic heterocycles. The summed E-state index contributed by atoms with van der Waals surface area (Å²) in [6.07, 6.45) is 0. The molecule has 0 saturated heterocycles. The molecular formula is C13H15FN4O2. The third kappa shape index (κ3) is 2.42. The normalized spacial score (nSPS) is 11.7. The lowest BCUT2D eigenvalue weighted by molar-refractivity contribution is 0.318. The van der Waals surface area contributed by atoms with E-state index in [1.54, 1.807) is 27.0 Å². The van der Waals surface area contributed by atoms with Gasteiger partial charge < -0.3 is 15.7 Å². The van der Waals surface area contributed by atoms with Crippen LogP contribution in [-0.4, -0.2) is 20.8 Å². The largest absolute Gasteiger partial charge is 0.438 e. The van der Waals surface area contributed by atoms with E-state index in [2.05, 4.69) is 10.3 Å². The Kier molecular flexibility index (Phi) is 3.60. The van der Waals surface area contributed by atoms with Crippen molar-refractivity contribution in [2.45, 2.75) is 13.8 Å². The summed E-state index contributed by atoms with van der Waals surface area (Å²) in [5.74, 6) is 0.112. The Bertz CT molecular complexity index is 679. The fourth-order valence-electron chi connectivity index (χ4n) is 1.89. The summed E-state index contributed by atoms with van der Waals surface area (Å²) in [6.45, 7) is 3.50. The number of nitrogens with two attached hydrogens (primary N) is 1. The molecule has 7 heteroatoms. The summed E-state index contributed by atoms with van der Waals surface area (Å²) in [5.41, 5.74) is 7.31. The van der Waals surface area contributed by atoms with Crippen LogP contribution in [0.1, 0.15) is 16.8 Å². The van der Waals surface area contributed by atoms with Gasteiger partial charge in [-0.2, -0.15) is 5.10 Å². The molecule has 1 heterocycles. The number of ether oxygens (including phenoxy) is 1. The van der Waals surface area contributed by atoms with E-state index in [-0.39, 0.29) is 11.7 Å². The van der Waals surface area contributed by atoms with E-state index in [9.17, 15) is 4.39 Å². The van der Waals surface area contributed by atoms with Crippen LogP contribution in [-0.2, 0) is 7.05 Å². The van der Waals surface area contributed by atoms with Gasteiger partial charge in [0.25, 0.3) is 0 Å². The molecule has 0 radical (unpaired) electrons. The lowest BCUT2D eigenvalue weighted by atomic mass is 10.2. The summed E-state index contributed by atoms with van der Waals surface area (Å²) >= 11 is 0. The van der Waals surface area contributed by atoms with Gasteiger partial charge in [0.1, 0.15) is 17.1 Å². The molecule has 0 fully saturated rings. The van der Waals surface area contributed by atoms with Crippen molar-refractivity contribution in [3.8, 4) is 11.6 Å². The van der Waals surface area contributed by atoms with Crippen molar-refractivity contribution < 1.29 is 14.3 Å². The molecule has 0 bridgehead atoms. The number of halogens is 1. The van der Waals surface area contributed by atoms with Crippen LogP contribution in [0, 0.1) is 19.7 Å². The highest BCUT2D eigenvalue weighted by atomic mass is 19.1. The lowest BCUT2D eigenvalue weighted by Crippen LogP contribution is -2.15. The van der Waals surface area contributed by atoms with E-state index >= 15 is 0 Å². The quantitative estimate of drug-likeness (QED) is 0.389. The van der Waals surface area contributed by atoms with Gasteiger partial charge in [0.05, 0.1) is 5.69 Å². The van der Waals surface area contributed by atoms with Gasteiger partial charge in [0, 0.05) is 13.1 Å². The van der Waals surface area contributed by atoms with Gasteiger partial charge >= 0.3 is 0 Å². The molecule has 0 amide bonds. The number of hydrogen-bond donors (Lipinski definition) is 2. The molecule has 3 N–H and O–H groups in total. The van der Waals surface area contributed by atoms with Gasteiger partial charge in [-0.25, -0.2) is 9.07 Å². The number of oxime groups is 1. The van der Waals surface area contributed by atoms with Crippen LogP contribution >= 0.6 is 0 Å². The molecule has 0 atom stereocenters. The van der Waals surface area contributed by atoms with Gasteiger partial charge in [-0.15, -0.1) is 0 Å². The number of nitrogens with zero attached hydrogens (tertiary/aromatic N) is 3. The highest BCUT2D eigenvalue weighted by Gasteiger charge is 2.20. The first-order chi connectivity index (χ1) is 9.43. The van der Waals surface area contributed by atoms with E-state index in [1.807, 2.05) is 0 Å². The van der Waals surface area contributed by atoms with Crippen LogP contribution in [0.2, 0.25) is 0 Å². The van der Waals surface area contributed by atoms with Crippen LogP contribution in [0.4, 0.5) is 4.39 Å². The summed E-state index contributed by atoms with van der Waals surface area (Å²) in [6, 6.07) is 4.23. The smallest absolute Gasteiger partial charge is 0.229 e.